The van der Waals surface area contributed by atoms with Crippen LogP contribution in [0.5, 0.6) is 0 Å². The maximum atomic E-state index is 13.6. The summed E-state index contributed by atoms with van der Waals surface area (Å²) in [5, 5.41) is 5.46. The number of carbonyl (C=O) groups excluding carboxylic acids is 3. The first-order valence-corrected chi connectivity index (χ1v) is 11.5. The van der Waals surface area contributed by atoms with Crippen LogP contribution in [0.15, 0.2) is 94.2 Å². The van der Waals surface area contributed by atoms with Crippen molar-refractivity contribution in [2.45, 2.75) is 26.4 Å². The lowest BCUT2D eigenvalue weighted by molar-refractivity contribution is -0.126. The first-order chi connectivity index (χ1) is 17.4. The number of nitrogens with zero attached hydrogens (tertiary/aromatic N) is 1. The lowest BCUT2D eigenvalue weighted by atomic mass is 10.0. The van der Waals surface area contributed by atoms with E-state index in [-0.39, 0.29) is 24.8 Å². The highest BCUT2D eigenvalue weighted by molar-refractivity contribution is 6.04. The predicted octanol–water partition coefficient (Wildman–Crippen LogP) is 4.31. The highest BCUT2D eigenvalue weighted by atomic mass is 16.3. The highest BCUT2D eigenvalue weighted by Crippen LogP contribution is 2.29. The van der Waals surface area contributed by atoms with Gasteiger partial charge in [0.2, 0.25) is 11.8 Å². The summed E-state index contributed by atoms with van der Waals surface area (Å²) in [6, 6.07) is 20.2. The maximum Gasteiger partial charge on any atom is 0.287 e. The van der Waals surface area contributed by atoms with Crippen LogP contribution >= 0.6 is 0 Å². The third-order valence-corrected chi connectivity index (χ3v) is 5.82. The summed E-state index contributed by atoms with van der Waals surface area (Å²) in [5.41, 5.74) is 3.18. The molecule has 8 heteroatoms. The van der Waals surface area contributed by atoms with Crippen molar-refractivity contribution >= 4 is 23.4 Å². The van der Waals surface area contributed by atoms with Crippen molar-refractivity contribution in [2.75, 3.05) is 11.4 Å². The van der Waals surface area contributed by atoms with Crippen LogP contribution in [-0.4, -0.2) is 24.3 Å². The van der Waals surface area contributed by atoms with Crippen molar-refractivity contribution < 1.29 is 23.2 Å². The number of furan rings is 2. The number of benzene rings is 2. The minimum Gasteiger partial charge on any atom is -0.467 e. The molecule has 184 valence electrons. The number of carbonyl (C=O) groups is 3. The average molecular weight is 486 g/mol. The molecule has 2 aromatic carbocycles. The molecule has 0 saturated carbocycles. The van der Waals surface area contributed by atoms with Gasteiger partial charge in [0, 0.05) is 5.69 Å². The molecule has 0 aliphatic carbocycles. The third kappa shape index (κ3) is 5.72. The monoisotopic (exact) mass is 485 g/mol. The van der Waals surface area contributed by atoms with Crippen LogP contribution in [0.2, 0.25) is 0 Å². The zero-order chi connectivity index (χ0) is 25.5. The molecule has 0 spiro atoms. The summed E-state index contributed by atoms with van der Waals surface area (Å²) in [5.74, 6) is -0.685. The zero-order valence-electron chi connectivity index (χ0n) is 20.1. The molecule has 4 aromatic rings. The van der Waals surface area contributed by atoms with Crippen molar-refractivity contribution in [3.8, 4) is 0 Å². The molecule has 0 aliphatic rings. The molecular weight excluding hydrogens is 458 g/mol. The van der Waals surface area contributed by atoms with Gasteiger partial charge in [-0.25, -0.2) is 0 Å². The number of rotatable bonds is 9. The van der Waals surface area contributed by atoms with Gasteiger partial charge in [0.25, 0.3) is 5.91 Å². The Balaban J connectivity index is 1.68. The fourth-order valence-electron chi connectivity index (χ4n) is 3.79. The van der Waals surface area contributed by atoms with Gasteiger partial charge in [-0.3, -0.25) is 19.3 Å². The Bertz CT molecular complexity index is 1310. The fraction of sp³-hybridized carbons (Fsp3) is 0.179. The number of aryl methyl sites for hydroxylation is 2. The van der Waals surface area contributed by atoms with Crippen molar-refractivity contribution in [1.29, 1.82) is 0 Å². The smallest absolute Gasteiger partial charge is 0.287 e. The van der Waals surface area contributed by atoms with E-state index in [1.807, 2.05) is 44.2 Å². The fourth-order valence-corrected chi connectivity index (χ4v) is 3.79. The third-order valence-electron chi connectivity index (χ3n) is 5.82. The Kier molecular flexibility index (Phi) is 7.65. The van der Waals surface area contributed by atoms with E-state index in [1.165, 1.54) is 23.5 Å². The summed E-state index contributed by atoms with van der Waals surface area (Å²) in [6.45, 7) is 3.74. The van der Waals surface area contributed by atoms with E-state index in [1.54, 1.807) is 36.4 Å². The van der Waals surface area contributed by atoms with E-state index in [0.29, 0.717) is 17.0 Å². The van der Waals surface area contributed by atoms with Crippen molar-refractivity contribution in [2.24, 2.45) is 0 Å². The van der Waals surface area contributed by atoms with E-state index in [2.05, 4.69) is 10.6 Å². The number of hydrogen-bond donors (Lipinski definition) is 2. The second-order valence-electron chi connectivity index (χ2n) is 8.30. The number of nitrogens with one attached hydrogen (secondary N) is 2. The van der Waals surface area contributed by atoms with Crippen LogP contribution in [0.1, 0.15) is 39.0 Å². The largest absolute Gasteiger partial charge is 0.467 e. The summed E-state index contributed by atoms with van der Waals surface area (Å²) in [6.07, 6.45) is 2.91. The summed E-state index contributed by atoms with van der Waals surface area (Å²) < 4.78 is 10.5. The topological polar surface area (TPSA) is 105 Å². The van der Waals surface area contributed by atoms with Crippen molar-refractivity contribution in [3.05, 3.63) is 114 Å². The van der Waals surface area contributed by atoms with E-state index in [4.69, 9.17) is 8.83 Å². The van der Waals surface area contributed by atoms with Gasteiger partial charge >= 0.3 is 0 Å². The Labute approximate surface area is 208 Å². The molecule has 3 amide bonds. The van der Waals surface area contributed by atoms with Gasteiger partial charge in [-0.05, 0) is 66.9 Å². The normalized spacial score (nSPS) is 11.5. The summed E-state index contributed by atoms with van der Waals surface area (Å²) >= 11 is 0. The summed E-state index contributed by atoms with van der Waals surface area (Å²) in [7, 11) is 0. The Morgan fingerprint density at radius 2 is 1.58 bits per heavy atom. The molecule has 8 nitrogen and oxygen atoms in total. The van der Waals surface area contributed by atoms with Gasteiger partial charge in [0.15, 0.2) is 5.76 Å². The SMILES string of the molecule is Cc1ccc(N(C(=O)CNC(=O)c2ccco2)[C@@H](C(=O)NCc2ccco2)c2ccccc2)cc1C. The molecule has 0 radical (unpaired) electrons. The van der Waals surface area contributed by atoms with Crippen molar-refractivity contribution in [3.63, 3.8) is 0 Å². The van der Waals surface area contributed by atoms with Crippen molar-refractivity contribution in [1.82, 2.24) is 10.6 Å². The van der Waals surface area contributed by atoms with Crippen LogP contribution in [0.25, 0.3) is 0 Å². The zero-order valence-corrected chi connectivity index (χ0v) is 20.1. The molecule has 0 unspecified atom stereocenters. The molecule has 0 fully saturated rings. The molecule has 4 rings (SSSR count). The molecular formula is C28H27N3O5. The second kappa shape index (κ2) is 11.2. The first-order valence-electron chi connectivity index (χ1n) is 11.5. The number of hydrogen-bond acceptors (Lipinski definition) is 5. The Morgan fingerprint density at radius 3 is 2.25 bits per heavy atom. The quantitative estimate of drug-likeness (QED) is 0.368. The van der Waals surface area contributed by atoms with Crippen LogP contribution in [0.4, 0.5) is 5.69 Å². The molecule has 0 aliphatic heterocycles. The molecule has 2 N–H and O–H groups in total. The van der Waals surface area contributed by atoms with E-state index in [9.17, 15) is 14.4 Å². The molecule has 0 bridgehead atoms. The molecule has 1 atom stereocenters. The van der Waals surface area contributed by atoms with Crippen LogP contribution in [0.3, 0.4) is 0 Å². The standard InChI is InChI=1S/C28H27N3O5/c1-19-12-13-22(16-20(19)2)31(25(32)18-30-27(33)24-11-7-15-36-24)26(21-8-4-3-5-9-21)28(34)29-17-23-10-6-14-35-23/h3-16,26H,17-18H2,1-2H3,(H,29,34)(H,30,33)/t26-/m1/s1. The van der Waals surface area contributed by atoms with Gasteiger partial charge in [-0.15, -0.1) is 0 Å². The lowest BCUT2D eigenvalue weighted by Crippen LogP contribution is -2.47. The van der Waals surface area contributed by atoms with Crippen LogP contribution in [0, 0.1) is 13.8 Å². The van der Waals surface area contributed by atoms with Gasteiger partial charge in [-0.1, -0.05) is 36.4 Å². The Hall–Kier alpha value is -4.59. The van der Waals surface area contributed by atoms with Gasteiger partial charge in [0.1, 0.15) is 11.8 Å². The average Bonchev–Trinajstić information content (AvgIpc) is 3.61. The first kappa shape index (κ1) is 24.5. The van der Waals surface area contributed by atoms with Gasteiger partial charge < -0.3 is 19.5 Å². The van der Waals surface area contributed by atoms with Crippen LogP contribution < -0.4 is 15.5 Å². The summed E-state index contributed by atoms with van der Waals surface area (Å²) in [4.78, 5) is 41.1. The minimum absolute atomic E-state index is 0.0938. The minimum atomic E-state index is -0.990. The molecule has 2 aromatic heterocycles. The van der Waals surface area contributed by atoms with E-state index >= 15 is 0 Å². The van der Waals surface area contributed by atoms with Gasteiger partial charge in [-0.2, -0.15) is 0 Å². The molecule has 0 saturated heterocycles. The number of amides is 3. The van der Waals surface area contributed by atoms with Crippen LogP contribution in [-0.2, 0) is 16.1 Å². The second-order valence-corrected chi connectivity index (χ2v) is 8.30. The van der Waals surface area contributed by atoms with E-state index < -0.39 is 17.9 Å². The Morgan fingerprint density at radius 1 is 0.833 bits per heavy atom. The highest BCUT2D eigenvalue weighted by Gasteiger charge is 2.33. The maximum absolute atomic E-state index is 13.6. The lowest BCUT2D eigenvalue weighted by Gasteiger charge is -2.32. The molecule has 36 heavy (non-hydrogen) atoms. The predicted molar refractivity (Wildman–Crippen MR) is 134 cm³/mol. The van der Waals surface area contributed by atoms with Gasteiger partial charge in [0.05, 0.1) is 25.6 Å². The van der Waals surface area contributed by atoms with E-state index in [0.717, 1.165) is 11.1 Å². The molecule has 2 heterocycles. The number of anilines is 1.